The summed E-state index contributed by atoms with van der Waals surface area (Å²) in [6.45, 7) is 0.841. The average Bonchev–Trinajstić information content (AvgIpc) is 3.03. The number of rotatable bonds is 3. The molecule has 1 fully saturated rings. The van der Waals surface area contributed by atoms with Gasteiger partial charge in [0.2, 0.25) is 5.91 Å². The van der Waals surface area contributed by atoms with Gasteiger partial charge in [-0.2, -0.15) is 0 Å². The van der Waals surface area contributed by atoms with Gasteiger partial charge in [-0.3, -0.25) is 4.79 Å². The Morgan fingerprint density at radius 2 is 1.86 bits per heavy atom. The molecule has 1 aromatic rings. The van der Waals surface area contributed by atoms with Gasteiger partial charge < -0.3 is 20.1 Å². The van der Waals surface area contributed by atoms with Gasteiger partial charge in [0.1, 0.15) is 6.04 Å². The van der Waals surface area contributed by atoms with Gasteiger partial charge >= 0.3 is 0 Å². The minimum atomic E-state index is -0.328. The zero-order chi connectivity index (χ0) is 15.7. The third kappa shape index (κ3) is 2.24. The number of likely N-dealkylation sites (N-methyl/N-ethyl adjacent to an activating group) is 1. The Morgan fingerprint density at radius 1 is 1.23 bits per heavy atom. The third-order valence-corrected chi connectivity index (χ3v) is 5.15. The summed E-state index contributed by atoms with van der Waals surface area (Å²) < 4.78 is 10.9. The molecule has 0 radical (unpaired) electrons. The number of hydrogen-bond donors (Lipinski definition) is 2. The number of benzene rings is 1. The lowest BCUT2D eigenvalue weighted by Gasteiger charge is -2.40. The Labute approximate surface area is 131 Å². The molecule has 1 heterocycles. The first-order chi connectivity index (χ1) is 10.6. The van der Waals surface area contributed by atoms with Crippen LogP contribution in [0.4, 0.5) is 0 Å². The van der Waals surface area contributed by atoms with E-state index in [0.29, 0.717) is 5.75 Å². The normalized spacial score (nSPS) is 22.2. The maximum Gasteiger partial charge on any atom is 0.241 e. The van der Waals surface area contributed by atoms with Crippen LogP contribution in [-0.4, -0.2) is 33.7 Å². The van der Waals surface area contributed by atoms with E-state index in [0.717, 1.165) is 30.7 Å². The second kappa shape index (κ2) is 5.80. The molecular weight excluding hydrogens is 280 g/mol. The molecule has 1 amide bonds. The largest absolute Gasteiger partial charge is 0.493 e. The molecule has 1 aromatic carbocycles. The van der Waals surface area contributed by atoms with Crippen LogP contribution in [0.2, 0.25) is 0 Å². The smallest absolute Gasteiger partial charge is 0.241 e. The number of nitrogens with one attached hydrogen (secondary N) is 2. The lowest BCUT2D eigenvalue weighted by molar-refractivity contribution is -0.123. The molecule has 22 heavy (non-hydrogen) atoms. The van der Waals surface area contributed by atoms with Crippen molar-refractivity contribution in [3.63, 3.8) is 0 Å². The van der Waals surface area contributed by atoms with E-state index in [4.69, 9.17) is 9.47 Å². The number of carbonyl (C=O) groups is 1. The molecule has 1 unspecified atom stereocenters. The lowest BCUT2D eigenvalue weighted by atomic mass is 9.72. The highest BCUT2D eigenvalue weighted by atomic mass is 16.5. The van der Waals surface area contributed by atoms with Crippen LogP contribution >= 0.6 is 0 Å². The molecule has 1 aliphatic heterocycles. The number of methoxy groups -OCH3 is 2. The molecule has 3 rings (SSSR count). The molecule has 5 nitrogen and oxygen atoms in total. The van der Waals surface area contributed by atoms with E-state index in [-0.39, 0.29) is 17.4 Å². The Balaban J connectivity index is 2.15. The minimum absolute atomic E-state index is 0.0127. The Morgan fingerprint density at radius 3 is 2.45 bits per heavy atom. The molecule has 120 valence electrons. The van der Waals surface area contributed by atoms with Crippen LogP contribution in [0.1, 0.15) is 42.9 Å². The van der Waals surface area contributed by atoms with Crippen molar-refractivity contribution >= 4 is 5.91 Å². The van der Waals surface area contributed by atoms with Gasteiger partial charge in [-0.25, -0.2) is 0 Å². The van der Waals surface area contributed by atoms with Crippen molar-refractivity contribution in [1.29, 1.82) is 0 Å². The van der Waals surface area contributed by atoms with Crippen LogP contribution < -0.4 is 20.1 Å². The Hall–Kier alpha value is -1.75. The zero-order valence-electron chi connectivity index (χ0n) is 13.5. The summed E-state index contributed by atoms with van der Waals surface area (Å²) in [5.74, 6) is 1.40. The van der Waals surface area contributed by atoms with E-state index in [1.165, 1.54) is 18.4 Å². The van der Waals surface area contributed by atoms with Crippen molar-refractivity contribution < 1.29 is 14.3 Å². The zero-order valence-corrected chi connectivity index (χ0v) is 13.5. The third-order valence-electron chi connectivity index (χ3n) is 5.15. The summed E-state index contributed by atoms with van der Waals surface area (Å²) in [6, 6.07) is 3.71. The molecule has 2 aliphatic rings. The molecule has 0 saturated heterocycles. The van der Waals surface area contributed by atoms with Gasteiger partial charge in [0, 0.05) is 19.0 Å². The van der Waals surface area contributed by atoms with E-state index < -0.39 is 0 Å². The fourth-order valence-electron chi connectivity index (χ4n) is 3.97. The second-order valence-electron chi connectivity index (χ2n) is 6.21. The average molecular weight is 304 g/mol. The molecule has 1 saturated carbocycles. The van der Waals surface area contributed by atoms with Crippen molar-refractivity contribution in [2.24, 2.45) is 0 Å². The van der Waals surface area contributed by atoms with Crippen molar-refractivity contribution in [3.8, 4) is 11.5 Å². The van der Waals surface area contributed by atoms with E-state index in [1.54, 1.807) is 21.3 Å². The van der Waals surface area contributed by atoms with Crippen LogP contribution in [0.3, 0.4) is 0 Å². The summed E-state index contributed by atoms with van der Waals surface area (Å²) >= 11 is 0. The lowest BCUT2D eigenvalue weighted by Crippen LogP contribution is -2.48. The molecule has 1 spiro atoms. The first-order valence-electron chi connectivity index (χ1n) is 7.86. The fraction of sp³-hybridized carbons (Fsp3) is 0.588. The highest BCUT2D eigenvalue weighted by Gasteiger charge is 2.44. The van der Waals surface area contributed by atoms with Gasteiger partial charge in [-0.15, -0.1) is 0 Å². The Bertz CT molecular complexity index is 580. The SMILES string of the molecule is CNC(=O)C1NCC2(CCCC2)c2cc(OC)c(OC)cc21. The van der Waals surface area contributed by atoms with Crippen molar-refractivity contribution in [3.05, 3.63) is 23.3 Å². The number of hydrogen-bond acceptors (Lipinski definition) is 4. The van der Waals surface area contributed by atoms with Gasteiger partial charge in [0.15, 0.2) is 11.5 Å². The molecule has 1 aliphatic carbocycles. The van der Waals surface area contributed by atoms with Crippen molar-refractivity contribution in [2.75, 3.05) is 27.8 Å². The molecule has 5 heteroatoms. The summed E-state index contributed by atoms with van der Waals surface area (Å²) in [7, 11) is 4.95. The van der Waals surface area contributed by atoms with Crippen LogP contribution in [0.25, 0.3) is 0 Å². The molecular formula is C17H24N2O3. The van der Waals surface area contributed by atoms with Crippen molar-refractivity contribution in [2.45, 2.75) is 37.1 Å². The van der Waals surface area contributed by atoms with E-state index in [9.17, 15) is 4.79 Å². The quantitative estimate of drug-likeness (QED) is 0.895. The summed E-state index contributed by atoms with van der Waals surface area (Å²) in [6.07, 6.45) is 4.78. The molecule has 2 N–H and O–H groups in total. The topological polar surface area (TPSA) is 59.6 Å². The number of amides is 1. The maximum atomic E-state index is 12.2. The van der Waals surface area contributed by atoms with Gasteiger partial charge in [0.25, 0.3) is 0 Å². The summed E-state index contributed by atoms with van der Waals surface area (Å²) in [5, 5.41) is 6.19. The van der Waals surface area contributed by atoms with E-state index in [1.807, 2.05) is 6.07 Å². The van der Waals surface area contributed by atoms with Gasteiger partial charge in [-0.05, 0) is 36.1 Å². The van der Waals surface area contributed by atoms with E-state index in [2.05, 4.69) is 16.7 Å². The molecule has 0 aromatic heterocycles. The minimum Gasteiger partial charge on any atom is -0.493 e. The Kier molecular flexibility index (Phi) is 4.00. The number of carbonyl (C=O) groups excluding carboxylic acids is 1. The fourth-order valence-corrected chi connectivity index (χ4v) is 3.97. The van der Waals surface area contributed by atoms with Crippen LogP contribution in [0, 0.1) is 0 Å². The highest BCUT2D eigenvalue weighted by molar-refractivity contribution is 5.84. The van der Waals surface area contributed by atoms with Gasteiger partial charge in [0.05, 0.1) is 14.2 Å². The molecule has 1 atom stereocenters. The van der Waals surface area contributed by atoms with E-state index >= 15 is 0 Å². The first-order valence-corrected chi connectivity index (χ1v) is 7.86. The van der Waals surface area contributed by atoms with Crippen LogP contribution in [-0.2, 0) is 10.2 Å². The maximum absolute atomic E-state index is 12.2. The first kappa shape index (κ1) is 15.2. The monoisotopic (exact) mass is 304 g/mol. The predicted molar refractivity (Wildman–Crippen MR) is 84.5 cm³/mol. The summed E-state index contributed by atoms with van der Waals surface area (Å²) in [4.78, 5) is 12.2. The number of ether oxygens (including phenoxy) is 2. The van der Waals surface area contributed by atoms with Gasteiger partial charge in [-0.1, -0.05) is 12.8 Å². The summed E-state index contributed by atoms with van der Waals surface area (Å²) in [5.41, 5.74) is 2.39. The van der Waals surface area contributed by atoms with Crippen molar-refractivity contribution in [1.82, 2.24) is 10.6 Å². The number of fused-ring (bicyclic) bond motifs is 2. The second-order valence-corrected chi connectivity index (χ2v) is 6.21. The predicted octanol–water partition coefficient (Wildman–Crippen LogP) is 1.91. The van der Waals surface area contributed by atoms with Crippen LogP contribution in [0.5, 0.6) is 11.5 Å². The standard InChI is InChI=1S/C17H24N2O3/c1-18-16(20)15-11-8-13(21-2)14(22-3)9-12(11)17(10-19-15)6-4-5-7-17/h8-9,15,19H,4-7,10H2,1-3H3,(H,18,20). The van der Waals surface area contributed by atoms with Crippen LogP contribution in [0.15, 0.2) is 12.1 Å². The highest BCUT2D eigenvalue weighted by Crippen LogP contribution is 2.48. The molecule has 0 bridgehead atoms.